The van der Waals surface area contributed by atoms with E-state index >= 15 is 0 Å². The van der Waals surface area contributed by atoms with Crippen molar-refractivity contribution in [3.8, 4) is 0 Å². The molecule has 1 aromatic rings. The highest BCUT2D eigenvalue weighted by molar-refractivity contribution is 6.36. The number of carbonyl (C=O) groups is 1. The number of nitrogens with one attached hydrogen (secondary N) is 2. The molecule has 6 heteroatoms. The number of rotatable bonds is 4. The van der Waals surface area contributed by atoms with Gasteiger partial charge in [0.2, 0.25) is 0 Å². The van der Waals surface area contributed by atoms with Crippen LogP contribution in [0.1, 0.15) is 23.2 Å². The van der Waals surface area contributed by atoms with Crippen LogP contribution in [-0.4, -0.2) is 25.5 Å². The summed E-state index contributed by atoms with van der Waals surface area (Å²) in [6.07, 6.45) is 2.20. The van der Waals surface area contributed by atoms with Gasteiger partial charge in [0.25, 0.3) is 5.91 Å². The Bertz CT molecular complexity index is 434. The van der Waals surface area contributed by atoms with Gasteiger partial charge in [-0.1, -0.05) is 23.2 Å². The standard InChI is InChI=1S/C13H16Cl2N2O.ClH/c14-10-1-2-11(12(15)7-10)13(18)17-6-4-9-3-5-16-8-9;/h1-2,7,9,16H,3-6,8H2,(H,17,18);1H. The van der Waals surface area contributed by atoms with Crippen LogP contribution >= 0.6 is 35.6 Å². The molecule has 1 aliphatic rings. The fourth-order valence-corrected chi connectivity index (χ4v) is 2.61. The minimum absolute atomic E-state index is 0. The Morgan fingerprint density at radius 1 is 1.42 bits per heavy atom. The maximum atomic E-state index is 11.9. The highest BCUT2D eigenvalue weighted by Crippen LogP contribution is 2.20. The maximum absolute atomic E-state index is 11.9. The Morgan fingerprint density at radius 2 is 2.21 bits per heavy atom. The predicted molar refractivity (Wildman–Crippen MR) is 81.6 cm³/mol. The highest BCUT2D eigenvalue weighted by Gasteiger charge is 2.15. The fraction of sp³-hybridized carbons (Fsp3) is 0.462. The number of carbonyl (C=O) groups excluding carboxylic acids is 1. The molecule has 0 bridgehead atoms. The molecule has 0 aliphatic carbocycles. The zero-order valence-corrected chi connectivity index (χ0v) is 12.7. The van der Waals surface area contributed by atoms with Crippen LogP contribution < -0.4 is 10.6 Å². The fourth-order valence-electron chi connectivity index (χ4n) is 2.12. The van der Waals surface area contributed by atoms with Gasteiger partial charge >= 0.3 is 0 Å². The number of amides is 1. The van der Waals surface area contributed by atoms with Crippen molar-refractivity contribution in [2.24, 2.45) is 5.92 Å². The van der Waals surface area contributed by atoms with Crippen LogP contribution in [0.3, 0.4) is 0 Å². The van der Waals surface area contributed by atoms with Crippen LogP contribution in [0.4, 0.5) is 0 Å². The number of hydrogen-bond donors (Lipinski definition) is 2. The van der Waals surface area contributed by atoms with E-state index in [1.807, 2.05) is 0 Å². The van der Waals surface area contributed by atoms with Gasteiger partial charge in [0, 0.05) is 11.6 Å². The number of hydrogen-bond acceptors (Lipinski definition) is 2. The van der Waals surface area contributed by atoms with E-state index < -0.39 is 0 Å². The van der Waals surface area contributed by atoms with E-state index in [0.717, 1.165) is 19.5 Å². The first kappa shape index (κ1) is 16.6. The van der Waals surface area contributed by atoms with Gasteiger partial charge in [-0.15, -0.1) is 12.4 Å². The summed E-state index contributed by atoms with van der Waals surface area (Å²) < 4.78 is 0. The topological polar surface area (TPSA) is 41.1 Å². The van der Waals surface area contributed by atoms with E-state index in [0.29, 0.717) is 28.1 Å². The third kappa shape index (κ3) is 4.84. The largest absolute Gasteiger partial charge is 0.352 e. The van der Waals surface area contributed by atoms with Gasteiger partial charge < -0.3 is 10.6 Å². The van der Waals surface area contributed by atoms with Gasteiger partial charge in [0.1, 0.15) is 0 Å². The molecule has 3 nitrogen and oxygen atoms in total. The third-order valence-electron chi connectivity index (χ3n) is 3.18. The number of halogens is 3. The first-order valence-corrected chi connectivity index (χ1v) is 6.86. The lowest BCUT2D eigenvalue weighted by atomic mass is 10.1. The Labute approximate surface area is 129 Å². The molecular weight excluding hydrogens is 307 g/mol. The quantitative estimate of drug-likeness (QED) is 0.894. The predicted octanol–water partition coefficient (Wildman–Crippen LogP) is 3.14. The summed E-state index contributed by atoms with van der Waals surface area (Å²) in [4.78, 5) is 11.9. The second-order valence-electron chi connectivity index (χ2n) is 4.53. The van der Waals surface area contributed by atoms with Crippen LogP contribution in [0.25, 0.3) is 0 Å². The van der Waals surface area contributed by atoms with E-state index in [4.69, 9.17) is 23.2 Å². The second-order valence-corrected chi connectivity index (χ2v) is 5.37. The van der Waals surface area contributed by atoms with Crippen molar-refractivity contribution in [1.29, 1.82) is 0 Å². The summed E-state index contributed by atoms with van der Waals surface area (Å²) in [5.41, 5.74) is 0.477. The van der Waals surface area contributed by atoms with Crippen LogP contribution in [0.5, 0.6) is 0 Å². The van der Waals surface area contributed by atoms with Crippen molar-refractivity contribution in [1.82, 2.24) is 10.6 Å². The third-order valence-corrected chi connectivity index (χ3v) is 3.72. The summed E-state index contributed by atoms with van der Waals surface area (Å²) in [6, 6.07) is 4.90. The molecule has 106 valence electrons. The van der Waals surface area contributed by atoms with Crippen LogP contribution in [0.2, 0.25) is 10.0 Å². The molecule has 0 radical (unpaired) electrons. The highest BCUT2D eigenvalue weighted by atomic mass is 35.5. The van der Waals surface area contributed by atoms with Crippen molar-refractivity contribution in [2.75, 3.05) is 19.6 Å². The lowest BCUT2D eigenvalue weighted by molar-refractivity contribution is 0.0952. The summed E-state index contributed by atoms with van der Waals surface area (Å²) >= 11 is 11.8. The second kappa shape index (κ2) is 7.95. The van der Waals surface area contributed by atoms with Crippen molar-refractivity contribution in [3.63, 3.8) is 0 Å². The van der Waals surface area contributed by atoms with Crippen molar-refractivity contribution < 1.29 is 4.79 Å². The Balaban J connectivity index is 0.00000180. The van der Waals surface area contributed by atoms with Crippen LogP contribution in [0, 0.1) is 5.92 Å². The molecule has 1 unspecified atom stereocenters. The van der Waals surface area contributed by atoms with Crippen LogP contribution in [0.15, 0.2) is 18.2 Å². The monoisotopic (exact) mass is 322 g/mol. The normalized spacial score (nSPS) is 17.9. The summed E-state index contributed by atoms with van der Waals surface area (Å²) in [7, 11) is 0. The molecule has 1 aromatic carbocycles. The molecule has 0 aromatic heterocycles. The molecule has 1 aliphatic heterocycles. The Kier molecular flexibility index (Phi) is 6.94. The SMILES string of the molecule is Cl.O=C(NCCC1CCNC1)c1ccc(Cl)cc1Cl. The first-order chi connectivity index (χ1) is 8.66. The van der Waals surface area contributed by atoms with Gasteiger partial charge in [-0.3, -0.25) is 4.79 Å². The Morgan fingerprint density at radius 3 is 2.84 bits per heavy atom. The summed E-state index contributed by atoms with van der Waals surface area (Å²) in [5.74, 6) is 0.536. The smallest absolute Gasteiger partial charge is 0.252 e. The van der Waals surface area contributed by atoms with Crippen molar-refractivity contribution in [2.45, 2.75) is 12.8 Å². The lowest BCUT2D eigenvalue weighted by Gasteiger charge is -2.10. The first-order valence-electron chi connectivity index (χ1n) is 6.11. The molecule has 1 saturated heterocycles. The van der Waals surface area contributed by atoms with Gasteiger partial charge in [-0.05, 0) is 50.0 Å². The number of benzene rings is 1. The molecule has 0 spiro atoms. The molecule has 0 saturated carbocycles. The summed E-state index contributed by atoms with van der Waals surface area (Å²) in [6.45, 7) is 2.82. The Hall–Kier alpha value is -0.480. The minimum atomic E-state index is -0.136. The van der Waals surface area contributed by atoms with E-state index in [1.165, 1.54) is 6.42 Å². The summed E-state index contributed by atoms with van der Waals surface area (Å²) in [5, 5.41) is 7.13. The maximum Gasteiger partial charge on any atom is 0.252 e. The zero-order valence-electron chi connectivity index (χ0n) is 10.4. The van der Waals surface area contributed by atoms with Gasteiger partial charge in [0.15, 0.2) is 0 Å². The minimum Gasteiger partial charge on any atom is -0.352 e. The van der Waals surface area contributed by atoms with Gasteiger partial charge in [0.05, 0.1) is 10.6 Å². The van der Waals surface area contributed by atoms with Gasteiger partial charge in [-0.2, -0.15) is 0 Å². The van der Waals surface area contributed by atoms with E-state index in [9.17, 15) is 4.79 Å². The van der Waals surface area contributed by atoms with Gasteiger partial charge in [-0.25, -0.2) is 0 Å². The lowest BCUT2D eigenvalue weighted by Crippen LogP contribution is -2.26. The van der Waals surface area contributed by atoms with Crippen molar-refractivity contribution >= 4 is 41.5 Å². The molecule has 2 rings (SSSR count). The average Bonchev–Trinajstić information content (AvgIpc) is 2.81. The van der Waals surface area contributed by atoms with E-state index in [-0.39, 0.29) is 18.3 Å². The molecule has 19 heavy (non-hydrogen) atoms. The zero-order chi connectivity index (χ0) is 13.0. The molecular formula is C13H17Cl3N2O. The molecule has 1 fully saturated rings. The molecule has 2 N–H and O–H groups in total. The molecule has 1 atom stereocenters. The molecule has 1 amide bonds. The van der Waals surface area contributed by atoms with Crippen molar-refractivity contribution in [3.05, 3.63) is 33.8 Å². The molecule has 1 heterocycles. The van der Waals surface area contributed by atoms with E-state index in [1.54, 1.807) is 18.2 Å². The van der Waals surface area contributed by atoms with E-state index in [2.05, 4.69) is 10.6 Å². The van der Waals surface area contributed by atoms with Crippen LogP contribution in [-0.2, 0) is 0 Å². The average molecular weight is 324 g/mol.